The minimum Gasteiger partial charge on any atom is -0.313 e. The van der Waals surface area contributed by atoms with Gasteiger partial charge in [-0.05, 0) is 48.0 Å². The Bertz CT molecular complexity index is 615. The fourth-order valence-electron chi connectivity index (χ4n) is 2.25. The average Bonchev–Trinajstić information content (AvgIpc) is 2.43. The van der Waals surface area contributed by atoms with E-state index in [-0.39, 0.29) is 16.9 Å². The molecule has 2 aromatic rings. The highest BCUT2D eigenvalue weighted by atomic mass is 79.9. The molecule has 0 aliphatic heterocycles. The van der Waals surface area contributed by atoms with Crippen molar-refractivity contribution in [3.63, 3.8) is 0 Å². The summed E-state index contributed by atoms with van der Waals surface area (Å²) in [4.78, 5) is 0. The molecule has 0 amide bonds. The Balaban J connectivity index is 2.31. The molecule has 0 aliphatic rings. The molecule has 1 unspecified atom stereocenters. The maximum atomic E-state index is 14.3. The molecule has 2 rings (SSSR count). The molecule has 0 heterocycles. The lowest BCUT2D eigenvalue weighted by atomic mass is 9.97. The second-order valence-corrected chi connectivity index (χ2v) is 6.03. The van der Waals surface area contributed by atoms with Crippen molar-refractivity contribution in [2.45, 2.75) is 19.4 Å². The molecule has 2 aromatic carbocycles. The zero-order valence-corrected chi connectivity index (χ0v) is 13.7. The number of hydrogen-bond acceptors (Lipinski definition) is 1. The van der Waals surface area contributed by atoms with Gasteiger partial charge in [-0.25, -0.2) is 4.39 Å². The zero-order chi connectivity index (χ0) is 14.7. The Morgan fingerprint density at radius 2 is 2.05 bits per heavy atom. The summed E-state index contributed by atoms with van der Waals surface area (Å²) in [5.74, 6) is -0.368. The average molecular weight is 357 g/mol. The van der Waals surface area contributed by atoms with Crippen LogP contribution in [0.3, 0.4) is 0 Å². The van der Waals surface area contributed by atoms with E-state index in [1.54, 1.807) is 12.1 Å². The second-order valence-electron chi connectivity index (χ2n) is 4.80. The standard InChI is InChI=1S/C16H16BrClFN/c1-10-4-3-5-11(8-10)9-14(20-2)12-6-7-13(17)15(18)16(12)19/h3-8,14,20H,9H2,1-2H3. The molecular formula is C16H16BrClFN. The van der Waals surface area contributed by atoms with Crippen LogP contribution in [0.1, 0.15) is 22.7 Å². The predicted octanol–water partition coefficient (Wildman–Crippen LogP) is 5.05. The summed E-state index contributed by atoms with van der Waals surface area (Å²) in [6, 6.07) is 11.7. The molecular weight excluding hydrogens is 341 g/mol. The molecule has 1 N–H and O–H groups in total. The molecule has 0 spiro atoms. The maximum absolute atomic E-state index is 14.3. The van der Waals surface area contributed by atoms with Crippen LogP contribution in [-0.2, 0) is 6.42 Å². The van der Waals surface area contributed by atoms with Gasteiger partial charge in [0.25, 0.3) is 0 Å². The first-order valence-electron chi connectivity index (χ1n) is 6.39. The number of halogens is 3. The molecule has 0 aromatic heterocycles. The van der Waals surface area contributed by atoms with Gasteiger partial charge in [0, 0.05) is 16.1 Å². The lowest BCUT2D eigenvalue weighted by molar-refractivity contribution is 0.533. The van der Waals surface area contributed by atoms with Crippen molar-refractivity contribution in [2.75, 3.05) is 7.05 Å². The summed E-state index contributed by atoms with van der Waals surface area (Å²) < 4.78 is 14.9. The predicted molar refractivity (Wildman–Crippen MR) is 85.8 cm³/mol. The third-order valence-electron chi connectivity index (χ3n) is 3.31. The second kappa shape index (κ2) is 6.70. The van der Waals surface area contributed by atoms with Gasteiger partial charge in [0.1, 0.15) is 5.82 Å². The highest BCUT2D eigenvalue weighted by Crippen LogP contribution is 2.31. The highest BCUT2D eigenvalue weighted by Gasteiger charge is 2.18. The Morgan fingerprint density at radius 1 is 1.30 bits per heavy atom. The zero-order valence-electron chi connectivity index (χ0n) is 11.4. The van der Waals surface area contributed by atoms with E-state index >= 15 is 0 Å². The van der Waals surface area contributed by atoms with Crippen LogP contribution in [-0.4, -0.2) is 7.05 Å². The smallest absolute Gasteiger partial charge is 0.147 e. The number of aryl methyl sites for hydroxylation is 1. The van der Waals surface area contributed by atoms with Crippen molar-refractivity contribution in [1.82, 2.24) is 5.32 Å². The van der Waals surface area contributed by atoms with Crippen LogP contribution in [0.4, 0.5) is 4.39 Å². The molecule has 106 valence electrons. The summed E-state index contributed by atoms with van der Waals surface area (Å²) in [6.07, 6.45) is 0.715. The van der Waals surface area contributed by atoms with Crippen LogP contribution in [0.25, 0.3) is 0 Å². The highest BCUT2D eigenvalue weighted by molar-refractivity contribution is 9.10. The van der Waals surface area contributed by atoms with Crippen LogP contribution >= 0.6 is 27.5 Å². The fraction of sp³-hybridized carbons (Fsp3) is 0.250. The molecule has 0 saturated carbocycles. The SMILES string of the molecule is CNC(Cc1cccc(C)c1)c1ccc(Br)c(Cl)c1F. The number of nitrogens with one attached hydrogen (secondary N) is 1. The van der Waals surface area contributed by atoms with Crippen molar-refractivity contribution in [1.29, 1.82) is 0 Å². The van der Waals surface area contributed by atoms with E-state index in [1.165, 1.54) is 11.1 Å². The van der Waals surface area contributed by atoms with Gasteiger partial charge in [0.2, 0.25) is 0 Å². The van der Waals surface area contributed by atoms with Crippen molar-refractivity contribution in [2.24, 2.45) is 0 Å². The van der Waals surface area contributed by atoms with Crippen LogP contribution in [0.15, 0.2) is 40.9 Å². The van der Waals surface area contributed by atoms with E-state index in [4.69, 9.17) is 11.6 Å². The van der Waals surface area contributed by atoms with Crippen molar-refractivity contribution < 1.29 is 4.39 Å². The Hall–Kier alpha value is -0.900. The van der Waals surface area contributed by atoms with Crippen LogP contribution in [0.5, 0.6) is 0 Å². The Kier molecular flexibility index (Phi) is 5.19. The fourth-order valence-corrected chi connectivity index (χ4v) is 2.73. The van der Waals surface area contributed by atoms with Gasteiger partial charge in [0.15, 0.2) is 0 Å². The molecule has 1 atom stereocenters. The first-order chi connectivity index (χ1) is 9.52. The molecule has 0 fully saturated rings. The molecule has 20 heavy (non-hydrogen) atoms. The molecule has 0 bridgehead atoms. The lowest BCUT2D eigenvalue weighted by Gasteiger charge is -2.18. The molecule has 0 saturated heterocycles. The van der Waals surface area contributed by atoms with Gasteiger partial charge in [0.05, 0.1) is 5.02 Å². The summed E-state index contributed by atoms with van der Waals surface area (Å²) in [5, 5.41) is 3.29. The van der Waals surface area contributed by atoms with Crippen molar-refractivity contribution in [3.8, 4) is 0 Å². The monoisotopic (exact) mass is 355 g/mol. The van der Waals surface area contributed by atoms with Crippen LogP contribution in [0.2, 0.25) is 5.02 Å². The van der Waals surface area contributed by atoms with E-state index < -0.39 is 0 Å². The number of rotatable bonds is 4. The number of hydrogen-bond donors (Lipinski definition) is 1. The molecule has 0 radical (unpaired) electrons. The third-order valence-corrected chi connectivity index (χ3v) is 4.57. The summed E-state index contributed by atoms with van der Waals surface area (Å²) in [6.45, 7) is 2.05. The van der Waals surface area contributed by atoms with Crippen molar-refractivity contribution in [3.05, 3.63) is 68.4 Å². The van der Waals surface area contributed by atoms with E-state index in [9.17, 15) is 4.39 Å². The van der Waals surface area contributed by atoms with Gasteiger partial charge < -0.3 is 5.32 Å². The quantitative estimate of drug-likeness (QED) is 0.756. The number of likely N-dealkylation sites (N-methyl/N-ethyl adjacent to an activating group) is 1. The van der Waals surface area contributed by atoms with E-state index in [0.717, 1.165) is 0 Å². The summed E-state index contributed by atoms with van der Waals surface area (Å²) in [5.41, 5.74) is 2.96. The van der Waals surface area contributed by atoms with E-state index in [2.05, 4.69) is 46.4 Å². The van der Waals surface area contributed by atoms with Gasteiger partial charge in [-0.3, -0.25) is 0 Å². The first kappa shape index (κ1) is 15.5. The van der Waals surface area contributed by atoms with E-state index in [0.29, 0.717) is 16.5 Å². The Labute approximate surface area is 132 Å². The third kappa shape index (κ3) is 3.40. The van der Waals surface area contributed by atoms with Crippen LogP contribution in [0, 0.1) is 12.7 Å². The van der Waals surface area contributed by atoms with E-state index in [1.807, 2.05) is 13.1 Å². The topological polar surface area (TPSA) is 12.0 Å². The lowest BCUT2D eigenvalue weighted by Crippen LogP contribution is -2.20. The minimum atomic E-state index is -0.368. The number of benzene rings is 2. The van der Waals surface area contributed by atoms with Gasteiger partial charge in [-0.1, -0.05) is 47.5 Å². The molecule has 0 aliphatic carbocycles. The summed E-state index contributed by atoms with van der Waals surface area (Å²) in [7, 11) is 1.83. The first-order valence-corrected chi connectivity index (χ1v) is 7.56. The van der Waals surface area contributed by atoms with Gasteiger partial charge in [-0.2, -0.15) is 0 Å². The van der Waals surface area contributed by atoms with Crippen molar-refractivity contribution >= 4 is 27.5 Å². The largest absolute Gasteiger partial charge is 0.313 e. The maximum Gasteiger partial charge on any atom is 0.147 e. The van der Waals surface area contributed by atoms with Gasteiger partial charge >= 0.3 is 0 Å². The summed E-state index contributed by atoms with van der Waals surface area (Å²) >= 11 is 9.20. The molecule has 4 heteroatoms. The minimum absolute atomic E-state index is 0.109. The Morgan fingerprint density at radius 3 is 2.70 bits per heavy atom. The molecule has 1 nitrogen and oxygen atoms in total. The normalized spacial score (nSPS) is 12.4. The van der Waals surface area contributed by atoms with Gasteiger partial charge in [-0.15, -0.1) is 0 Å². The van der Waals surface area contributed by atoms with Crippen LogP contribution < -0.4 is 5.32 Å².